The molecule has 0 spiro atoms. The Kier molecular flexibility index (Phi) is 5.01. The quantitative estimate of drug-likeness (QED) is 0.790. The van der Waals surface area contributed by atoms with E-state index in [2.05, 4.69) is 57.3 Å². The van der Waals surface area contributed by atoms with Gasteiger partial charge < -0.3 is 9.82 Å². The third kappa shape index (κ3) is 3.29. The summed E-state index contributed by atoms with van der Waals surface area (Å²) in [5.74, 6) is 1.51. The molecule has 0 saturated carbocycles. The highest BCUT2D eigenvalue weighted by Crippen LogP contribution is 2.39. The van der Waals surface area contributed by atoms with Gasteiger partial charge in [0.25, 0.3) is 0 Å². The van der Waals surface area contributed by atoms with Crippen molar-refractivity contribution in [2.75, 3.05) is 12.2 Å². The van der Waals surface area contributed by atoms with Gasteiger partial charge in [0, 0.05) is 11.8 Å². The highest BCUT2D eigenvalue weighted by molar-refractivity contribution is 8.03. The van der Waals surface area contributed by atoms with E-state index in [1.807, 2.05) is 0 Å². The SMILES string of the molecule is COc1ccc([C@@H]2CCc3cc(C)ccc3C2)c(NPP)c1. The Morgan fingerprint density at radius 3 is 2.82 bits per heavy atom. The van der Waals surface area contributed by atoms with E-state index in [-0.39, 0.29) is 0 Å². The van der Waals surface area contributed by atoms with Crippen LogP contribution in [0.2, 0.25) is 0 Å². The lowest BCUT2D eigenvalue weighted by atomic mass is 9.79. The van der Waals surface area contributed by atoms with Gasteiger partial charge in [0.1, 0.15) is 5.75 Å². The number of benzene rings is 2. The minimum atomic E-state index is 0.588. The molecule has 0 radical (unpaired) electrons. The van der Waals surface area contributed by atoms with Gasteiger partial charge in [0.2, 0.25) is 0 Å². The van der Waals surface area contributed by atoms with Crippen molar-refractivity contribution in [2.45, 2.75) is 32.1 Å². The maximum atomic E-state index is 5.37. The second kappa shape index (κ2) is 6.99. The standard InChI is InChI=1S/C18H23NOP2/c1-12-3-4-14-10-15(6-5-13(14)9-12)17-8-7-16(20-2)11-18(17)19-22-21/h3-4,7-9,11,15,19,22H,5-6,10,21H2,1-2H3/t15-/m1/s1. The zero-order valence-corrected chi connectivity index (χ0v) is 15.3. The molecule has 2 nitrogen and oxygen atoms in total. The molecule has 0 bridgehead atoms. The average molecular weight is 331 g/mol. The monoisotopic (exact) mass is 331 g/mol. The Labute approximate surface area is 137 Å². The van der Waals surface area contributed by atoms with Crippen LogP contribution in [0.1, 0.15) is 34.6 Å². The molecule has 116 valence electrons. The lowest BCUT2D eigenvalue weighted by Gasteiger charge is -2.27. The van der Waals surface area contributed by atoms with Crippen LogP contribution < -0.4 is 9.82 Å². The van der Waals surface area contributed by atoms with Gasteiger partial charge in [-0.25, -0.2) is 0 Å². The highest BCUT2D eigenvalue weighted by atomic mass is 32.0. The van der Waals surface area contributed by atoms with Gasteiger partial charge in [0.15, 0.2) is 0 Å². The first-order chi connectivity index (χ1) is 10.7. The van der Waals surface area contributed by atoms with Gasteiger partial charge in [-0.1, -0.05) is 38.8 Å². The molecule has 2 aromatic rings. The van der Waals surface area contributed by atoms with Gasteiger partial charge >= 0.3 is 0 Å². The smallest absolute Gasteiger partial charge is 0.120 e. The summed E-state index contributed by atoms with van der Waals surface area (Å²) >= 11 is 0. The molecule has 2 aromatic carbocycles. The fourth-order valence-corrected chi connectivity index (χ4v) is 4.19. The molecule has 22 heavy (non-hydrogen) atoms. The van der Waals surface area contributed by atoms with E-state index in [1.54, 1.807) is 7.11 Å². The van der Waals surface area contributed by atoms with Crippen LogP contribution in [0.4, 0.5) is 5.69 Å². The van der Waals surface area contributed by atoms with E-state index < -0.39 is 0 Å². The summed E-state index contributed by atoms with van der Waals surface area (Å²) in [5, 5.41) is 3.49. The van der Waals surface area contributed by atoms with Crippen LogP contribution in [-0.4, -0.2) is 7.11 Å². The van der Waals surface area contributed by atoms with Crippen molar-refractivity contribution in [1.29, 1.82) is 0 Å². The summed E-state index contributed by atoms with van der Waals surface area (Å²) < 4.78 is 5.37. The molecule has 0 aliphatic heterocycles. The predicted molar refractivity (Wildman–Crippen MR) is 101 cm³/mol. The molecule has 0 fully saturated rings. The van der Waals surface area contributed by atoms with Crippen LogP contribution in [0.25, 0.3) is 0 Å². The van der Waals surface area contributed by atoms with Crippen molar-refractivity contribution in [3.05, 3.63) is 58.7 Å². The van der Waals surface area contributed by atoms with Crippen molar-refractivity contribution in [1.82, 2.24) is 0 Å². The number of methoxy groups -OCH3 is 1. The third-order valence-electron chi connectivity index (χ3n) is 4.50. The van der Waals surface area contributed by atoms with Gasteiger partial charge in [0.05, 0.1) is 7.11 Å². The van der Waals surface area contributed by atoms with Crippen molar-refractivity contribution < 1.29 is 4.74 Å². The first kappa shape index (κ1) is 15.8. The summed E-state index contributed by atoms with van der Waals surface area (Å²) in [6, 6.07) is 13.3. The van der Waals surface area contributed by atoms with Crippen molar-refractivity contribution >= 4 is 23.0 Å². The summed E-state index contributed by atoms with van der Waals surface area (Å²) in [4.78, 5) is 0. The molecular weight excluding hydrogens is 308 g/mol. The van der Waals surface area contributed by atoms with Crippen LogP contribution in [0.5, 0.6) is 5.75 Å². The molecule has 0 heterocycles. The van der Waals surface area contributed by atoms with Crippen molar-refractivity contribution in [3.8, 4) is 5.75 Å². The van der Waals surface area contributed by atoms with E-state index in [1.165, 1.54) is 40.8 Å². The van der Waals surface area contributed by atoms with Crippen LogP contribution in [-0.2, 0) is 12.8 Å². The lowest BCUT2D eigenvalue weighted by Crippen LogP contribution is -2.14. The Balaban J connectivity index is 1.90. The topological polar surface area (TPSA) is 21.3 Å². The molecule has 1 N–H and O–H groups in total. The molecule has 4 heteroatoms. The number of rotatable bonds is 4. The zero-order chi connectivity index (χ0) is 15.5. The maximum absolute atomic E-state index is 5.37. The molecule has 1 aliphatic carbocycles. The first-order valence-corrected chi connectivity index (χ1v) is 10.5. The molecule has 0 saturated heterocycles. The molecule has 3 atom stereocenters. The normalized spacial score (nSPS) is 17.5. The van der Waals surface area contributed by atoms with Gasteiger partial charge in [-0.05, 0) is 63.3 Å². The largest absolute Gasteiger partial charge is 0.497 e. The lowest BCUT2D eigenvalue weighted by molar-refractivity contribution is 0.414. The second-order valence-electron chi connectivity index (χ2n) is 5.93. The number of hydrogen-bond acceptors (Lipinski definition) is 2. The van der Waals surface area contributed by atoms with Gasteiger partial charge in [-0.15, -0.1) is 0 Å². The Morgan fingerprint density at radius 2 is 2.05 bits per heavy atom. The van der Waals surface area contributed by atoms with E-state index >= 15 is 0 Å². The number of hydrogen-bond donors (Lipinski definition) is 1. The number of anilines is 1. The number of nitrogens with one attached hydrogen (secondary N) is 1. The van der Waals surface area contributed by atoms with E-state index in [0.717, 1.165) is 12.2 Å². The van der Waals surface area contributed by atoms with E-state index in [0.29, 0.717) is 14.3 Å². The highest BCUT2D eigenvalue weighted by Gasteiger charge is 2.22. The van der Waals surface area contributed by atoms with E-state index in [4.69, 9.17) is 4.74 Å². The summed E-state index contributed by atoms with van der Waals surface area (Å²) in [5.41, 5.74) is 7.05. The molecule has 2 unspecified atom stereocenters. The maximum Gasteiger partial charge on any atom is 0.120 e. The fourth-order valence-electron chi connectivity index (χ4n) is 3.35. The molecular formula is C18H23NOP2. The minimum absolute atomic E-state index is 0.588. The summed E-state index contributed by atoms with van der Waals surface area (Å²) in [6.45, 7) is 2.18. The zero-order valence-electron chi connectivity index (χ0n) is 13.1. The first-order valence-electron chi connectivity index (χ1n) is 7.69. The third-order valence-corrected chi connectivity index (χ3v) is 5.34. The number of fused-ring (bicyclic) bond motifs is 1. The van der Waals surface area contributed by atoms with E-state index in [9.17, 15) is 0 Å². The van der Waals surface area contributed by atoms with Crippen molar-refractivity contribution in [2.24, 2.45) is 0 Å². The molecule has 3 rings (SSSR count). The average Bonchev–Trinajstić information content (AvgIpc) is 2.54. The number of ether oxygens (including phenoxy) is 1. The molecule has 1 aliphatic rings. The minimum Gasteiger partial charge on any atom is -0.497 e. The van der Waals surface area contributed by atoms with Gasteiger partial charge in [-0.2, -0.15) is 0 Å². The molecule has 0 amide bonds. The van der Waals surface area contributed by atoms with Crippen LogP contribution in [0.15, 0.2) is 36.4 Å². The van der Waals surface area contributed by atoms with Crippen molar-refractivity contribution in [3.63, 3.8) is 0 Å². The summed E-state index contributed by atoms with van der Waals surface area (Å²) in [7, 11) is 5.10. The molecule has 0 aromatic heterocycles. The van der Waals surface area contributed by atoms with Crippen LogP contribution in [0.3, 0.4) is 0 Å². The van der Waals surface area contributed by atoms with Crippen LogP contribution in [0, 0.1) is 6.92 Å². The Morgan fingerprint density at radius 1 is 1.18 bits per heavy atom. The Bertz CT molecular complexity index is 672. The summed E-state index contributed by atoms with van der Waals surface area (Å²) in [6.07, 6.45) is 3.53. The van der Waals surface area contributed by atoms with Gasteiger partial charge in [-0.3, -0.25) is 0 Å². The number of aryl methyl sites for hydroxylation is 2. The predicted octanol–water partition coefficient (Wildman–Crippen LogP) is 5.07. The van der Waals surface area contributed by atoms with Crippen LogP contribution >= 0.6 is 17.3 Å². The fraction of sp³-hybridized carbons (Fsp3) is 0.333. The second-order valence-corrected chi connectivity index (χ2v) is 7.34. The Hall–Kier alpha value is -1.10.